The van der Waals surface area contributed by atoms with Gasteiger partial charge in [0.25, 0.3) is 0 Å². The summed E-state index contributed by atoms with van der Waals surface area (Å²) in [7, 11) is 0. The first-order valence-corrected chi connectivity index (χ1v) is 19.8. The maximum Gasteiger partial charge on any atom is 0.164 e. The molecule has 12 aromatic rings. The van der Waals surface area contributed by atoms with Crippen molar-refractivity contribution in [2.24, 2.45) is 0 Å². The molecule has 0 unspecified atom stereocenters. The van der Waals surface area contributed by atoms with Gasteiger partial charge in [-0.05, 0) is 53.6 Å². The van der Waals surface area contributed by atoms with E-state index in [0.717, 1.165) is 55.3 Å². The van der Waals surface area contributed by atoms with Crippen molar-refractivity contribution in [3.05, 3.63) is 182 Å². The molecule has 0 bridgehead atoms. The van der Waals surface area contributed by atoms with Crippen molar-refractivity contribution in [2.75, 3.05) is 0 Å². The standard InChI is InChI=1S/C51H30N4OS/c1-3-14-31(15-4-1)49-52-50(32-16-5-2-6-17-32)54-51(53-49)38-22-12-27-45-46(38)37-21-11-20-34(48(37)57-45)33-28-29-43-39(30-33)47-42(25-13-26-44(47)56-43)55-40-23-9-7-18-35(40)36-19-8-10-24-41(36)55/h1-30H. The van der Waals surface area contributed by atoms with E-state index in [9.17, 15) is 0 Å². The number of nitrogens with zero attached hydrogens (tertiary/aromatic N) is 4. The Balaban J connectivity index is 1.06. The Morgan fingerprint density at radius 1 is 0.404 bits per heavy atom. The lowest BCUT2D eigenvalue weighted by Gasteiger charge is -2.10. The maximum atomic E-state index is 6.56. The van der Waals surface area contributed by atoms with Crippen molar-refractivity contribution in [3.8, 4) is 51.0 Å². The average Bonchev–Trinajstić information content (AvgIpc) is 3.96. The van der Waals surface area contributed by atoms with Crippen LogP contribution in [0.25, 0.3) is 115 Å². The lowest BCUT2D eigenvalue weighted by Crippen LogP contribution is -2.00. The molecule has 0 N–H and O–H groups in total. The predicted octanol–water partition coefficient (Wildman–Crippen LogP) is 13.9. The zero-order valence-corrected chi connectivity index (χ0v) is 31.2. The first kappa shape index (κ1) is 31.9. The molecule has 0 aliphatic carbocycles. The van der Waals surface area contributed by atoms with Gasteiger partial charge in [0.15, 0.2) is 17.5 Å². The molecule has 0 aliphatic heterocycles. The predicted molar refractivity (Wildman–Crippen MR) is 236 cm³/mol. The van der Waals surface area contributed by atoms with Gasteiger partial charge in [0.1, 0.15) is 11.2 Å². The van der Waals surface area contributed by atoms with E-state index in [0.29, 0.717) is 17.5 Å². The van der Waals surface area contributed by atoms with Gasteiger partial charge in [-0.1, -0.05) is 140 Å². The minimum atomic E-state index is 0.651. The highest BCUT2D eigenvalue weighted by molar-refractivity contribution is 7.26. The normalized spacial score (nSPS) is 11.9. The molecular weight excluding hydrogens is 717 g/mol. The zero-order chi connectivity index (χ0) is 37.5. The van der Waals surface area contributed by atoms with E-state index in [-0.39, 0.29) is 0 Å². The Morgan fingerprint density at radius 2 is 1.00 bits per heavy atom. The van der Waals surface area contributed by atoms with Crippen molar-refractivity contribution in [2.45, 2.75) is 0 Å². The van der Waals surface area contributed by atoms with Gasteiger partial charge in [-0.3, -0.25) is 0 Å². The summed E-state index contributed by atoms with van der Waals surface area (Å²) in [6.45, 7) is 0. The topological polar surface area (TPSA) is 56.7 Å². The smallest absolute Gasteiger partial charge is 0.164 e. The number of furan rings is 1. The maximum absolute atomic E-state index is 6.56. The molecule has 0 fully saturated rings. The van der Waals surface area contributed by atoms with Crippen molar-refractivity contribution < 1.29 is 4.42 Å². The molecular formula is C51H30N4OS. The third-order valence-corrected chi connectivity index (χ3v) is 12.3. The Morgan fingerprint density at radius 3 is 1.72 bits per heavy atom. The number of aromatic nitrogens is 4. The Labute approximate surface area is 330 Å². The number of hydrogen-bond acceptors (Lipinski definition) is 5. The number of hydrogen-bond donors (Lipinski definition) is 0. The van der Waals surface area contributed by atoms with Crippen LogP contribution in [0.3, 0.4) is 0 Å². The third-order valence-electron chi connectivity index (χ3n) is 11.1. The number of fused-ring (bicyclic) bond motifs is 9. The molecule has 12 rings (SSSR count). The van der Waals surface area contributed by atoms with Crippen LogP contribution in [0.15, 0.2) is 186 Å². The lowest BCUT2D eigenvalue weighted by molar-refractivity contribution is 0.669. The van der Waals surface area contributed by atoms with Crippen LogP contribution >= 0.6 is 11.3 Å². The molecule has 0 amide bonds. The minimum absolute atomic E-state index is 0.651. The van der Waals surface area contributed by atoms with E-state index in [2.05, 4.69) is 126 Å². The molecule has 0 saturated carbocycles. The second kappa shape index (κ2) is 12.6. The molecule has 0 atom stereocenters. The zero-order valence-electron chi connectivity index (χ0n) is 30.4. The van der Waals surface area contributed by atoms with Gasteiger partial charge in [-0.2, -0.15) is 0 Å². The largest absolute Gasteiger partial charge is 0.456 e. The van der Waals surface area contributed by atoms with E-state index in [1.54, 1.807) is 0 Å². The Bertz CT molecular complexity index is 3420. The third kappa shape index (κ3) is 4.98. The SMILES string of the molecule is c1ccc(-c2nc(-c3ccccc3)nc(-c3cccc4sc5c(-c6ccc7oc8cccc(-n9c%10ccccc%10c%10ccccc%109)c8c7c6)cccc5c34)n2)cc1. The van der Waals surface area contributed by atoms with E-state index >= 15 is 0 Å². The van der Waals surface area contributed by atoms with Gasteiger partial charge in [0.05, 0.1) is 22.1 Å². The van der Waals surface area contributed by atoms with E-state index in [1.165, 1.54) is 42.2 Å². The van der Waals surface area contributed by atoms with Gasteiger partial charge in [0.2, 0.25) is 0 Å². The average molecular weight is 747 g/mol. The van der Waals surface area contributed by atoms with Crippen molar-refractivity contribution in [3.63, 3.8) is 0 Å². The quantitative estimate of drug-likeness (QED) is 0.176. The van der Waals surface area contributed by atoms with Gasteiger partial charge < -0.3 is 8.98 Å². The number of para-hydroxylation sites is 2. The highest BCUT2D eigenvalue weighted by Crippen LogP contribution is 2.45. The van der Waals surface area contributed by atoms with Crippen LogP contribution in [-0.4, -0.2) is 19.5 Å². The molecule has 0 aliphatic rings. The second-order valence-corrected chi connectivity index (χ2v) is 15.4. The fourth-order valence-corrected chi connectivity index (χ4v) is 9.80. The Kier molecular flexibility index (Phi) is 7.03. The monoisotopic (exact) mass is 746 g/mol. The van der Waals surface area contributed by atoms with Gasteiger partial charge >= 0.3 is 0 Å². The molecule has 0 saturated heterocycles. The van der Waals surface area contributed by atoms with Crippen LogP contribution in [0.5, 0.6) is 0 Å². The molecule has 5 nitrogen and oxygen atoms in total. The van der Waals surface area contributed by atoms with Crippen LogP contribution in [0, 0.1) is 0 Å². The van der Waals surface area contributed by atoms with Gasteiger partial charge in [-0.25, -0.2) is 15.0 Å². The van der Waals surface area contributed by atoms with E-state index in [4.69, 9.17) is 19.4 Å². The summed E-state index contributed by atoms with van der Waals surface area (Å²) >= 11 is 1.81. The molecule has 4 heterocycles. The van der Waals surface area contributed by atoms with Crippen molar-refractivity contribution >= 4 is 75.3 Å². The summed E-state index contributed by atoms with van der Waals surface area (Å²) in [5.41, 5.74) is 10.4. The summed E-state index contributed by atoms with van der Waals surface area (Å²) in [4.78, 5) is 15.2. The first-order chi connectivity index (χ1) is 28.3. The molecule has 0 radical (unpaired) electrons. The first-order valence-electron chi connectivity index (χ1n) is 19.0. The van der Waals surface area contributed by atoms with Crippen molar-refractivity contribution in [1.82, 2.24) is 19.5 Å². The molecule has 8 aromatic carbocycles. The van der Waals surface area contributed by atoms with Crippen LogP contribution < -0.4 is 0 Å². The number of rotatable bonds is 5. The molecule has 4 aromatic heterocycles. The summed E-state index contributed by atoms with van der Waals surface area (Å²) < 4.78 is 11.3. The Hall–Kier alpha value is -7.41. The summed E-state index contributed by atoms with van der Waals surface area (Å²) in [5, 5.41) is 6.98. The summed E-state index contributed by atoms with van der Waals surface area (Å²) in [6.07, 6.45) is 0. The molecule has 6 heteroatoms. The fourth-order valence-electron chi connectivity index (χ4n) is 8.53. The summed E-state index contributed by atoms with van der Waals surface area (Å²) in [6, 6.07) is 63.7. The second-order valence-electron chi connectivity index (χ2n) is 14.3. The van der Waals surface area contributed by atoms with Crippen LogP contribution in [0.2, 0.25) is 0 Å². The number of thiophene rings is 1. The van der Waals surface area contributed by atoms with Gasteiger partial charge in [-0.15, -0.1) is 11.3 Å². The highest BCUT2D eigenvalue weighted by atomic mass is 32.1. The molecule has 266 valence electrons. The highest BCUT2D eigenvalue weighted by Gasteiger charge is 2.21. The van der Waals surface area contributed by atoms with Crippen LogP contribution in [-0.2, 0) is 0 Å². The van der Waals surface area contributed by atoms with Crippen molar-refractivity contribution in [1.29, 1.82) is 0 Å². The lowest BCUT2D eigenvalue weighted by atomic mass is 9.99. The number of benzene rings is 8. The van der Waals surface area contributed by atoms with Gasteiger partial charge in [0, 0.05) is 53.0 Å². The molecule has 57 heavy (non-hydrogen) atoms. The van der Waals surface area contributed by atoms with E-state index < -0.39 is 0 Å². The summed E-state index contributed by atoms with van der Waals surface area (Å²) in [5.74, 6) is 1.96. The van der Waals surface area contributed by atoms with Crippen LogP contribution in [0.1, 0.15) is 0 Å². The van der Waals surface area contributed by atoms with E-state index in [1.807, 2.05) is 72.0 Å². The fraction of sp³-hybridized carbons (Fsp3) is 0. The minimum Gasteiger partial charge on any atom is -0.456 e. The van der Waals surface area contributed by atoms with Crippen LogP contribution in [0.4, 0.5) is 0 Å². The molecule has 0 spiro atoms.